The van der Waals surface area contributed by atoms with Crippen molar-refractivity contribution in [3.8, 4) is 0 Å². The van der Waals surface area contributed by atoms with Crippen molar-refractivity contribution in [2.75, 3.05) is 19.6 Å². The predicted octanol–water partition coefficient (Wildman–Crippen LogP) is 1.61. The van der Waals surface area contributed by atoms with Gasteiger partial charge in [0, 0.05) is 44.6 Å². The molecule has 1 aromatic heterocycles. The van der Waals surface area contributed by atoms with E-state index in [-0.39, 0.29) is 12.4 Å². The lowest BCUT2D eigenvalue weighted by molar-refractivity contribution is 0.199. The highest BCUT2D eigenvalue weighted by Gasteiger charge is 2.15. The molecule has 0 radical (unpaired) electrons. The maximum absolute atomic E-state index is 4.19. The molecule has 2 rings (SSSR count). The fraction of sp³-hybridized carbons (Fsp3) is 0.583. The monoisotopic (exact) mass is 241 g/mol. The molecule has 0 aliphatic carbocycles. The lowest BCUT2D eigenvalue weighted by Crippen LogP contribution is -2.48. The first kappa shape index (κ1) is 13.4. The molecule has 0 bridgehead atoms. The van der Waals surface area contributed by atoms with Crippen LogP contribution in [0.25, 0.3) is 0 Å². The summed E-state index contributed by atoms with van der Waals surface area (Å²) in [6.07, 6.45) is 3.85. The Morgan fingerprint density at radius 1 is 1.56 bits per heavy atom. The van der Waals surface area contributed by atoms with Crippen LogP contribution in [0.1, 0.15) is 18.1 Å². The number of hydrogen-bond donors (Lipinski definition) is 1. The second-order valence-electron chi connectivity index (χ2n) is 4.39. The van der Waals surface area contributed by atoms with Crippen molar-refractivity contribution >= 4 is 12.4 Å². The molecule has 1 saturated heterocycles. The Labute approximate surface area is 104 Å². The molecule has 1 atom stereocenters. The molecule has 1 N–H and O–H groups in total. The average Bonchev–Trinajstić information content (AvgIpc) is 2.22. The standard InChI is InChI=1S/C12H19N3.ClH/c1-10-3-4-13-7-12(10)9-15-6-5-14-11(2)8-15;/h3-4,7,11,14H,5-6,8-9H2,1-2H3;1H/t11-;/m0./s1. The van der Waals surface area contributed by atoms with Gasteiger partial charge in [-0.3, -0.25) is 9.88 Å². The third-order valence-electron chi connectivity index (χ3n) is 2.99. The molecule has 0 amide bonds. The second kappa shape index (κ2) is 6.18. The van der Waals surface area contributed by atoms with Crippen LogP contribution < -0.4 is 5.32 Å². The van der Waals surface area contributed by atoms with Gasteiger partial charge in [-0.15, -0.1) is 12.4 Å². The van der Waals surface area contributed by atoms with Crippen LogP contribution in [0, 0.1) is 6.92 Å². The van der Waals surface area contributed by atoms with Crippen molar-refractivity contribution in [3.05, 3.63) is 29.6 Å². The van der Waals surface area contributed by atoms with Crippen LogP contribution in [0.5, 0.6) is 0 Å². The summed E-state index contributed by atoms with van der Waals surface area (Å²) in [6, 6.07) is 2.69. The zero-order valence-corrected chi connectivity index (χ0v) is 10.8. The van der Waals surface area contributed by atoms with Crippen molar-refractivity contribution in [1.82, 2.24) is 15.2 Å². The number of piperazine rings is 1. The third kappa shape index (κ3) is 3.44. The van der Waals surface area contributed by atoms with E-state index in [0.29, 0.717) is 6.04 Å². The van der Waals surface area contributed by atoms with Crippen LogP contribution >= 0.6 is 12.4 Å². The molecule has 1 aliphatic heterocycles. The minimum Gasteiger partial charge on any atom is -0.312 e. The first-order chi connectivity index (χ1) is 7.25. The Morgan fingerprint density at radius 2 is 2.38 bits per heavy atom. The Bertz CT molecular complexity index is 330. The van der Waals surface area contributed by atoms with E-state index < -0.39 is 0 Å². The van der Waals surface area contributed by atoms with Crippen LogP contribution in [-0.2, 0) is 6.54 Å². The summed E-state index contributed by atoms with van der Waals surface area (Å²) in [5.41, 5.74) is 2.70. The summed E-state index contributed by atoms with van der Waals surface area (Å²) >= 11 is 0. The molecule has 1 aromatic rings. The number of hydrogen-bond acceptors (Lipinski definition) is 3. The van der Waals surface area contributed by atoms with Gasteiger partial charge in [0.2, 0.25) is 0 Å². The van der Waals surface area contributed by atoms with Crippen molar-refractivity contribution in [2.24, 2.45) is 0 Å². The van der Waals surface area contributed by atoms with Gasteiger partial charge in [0.05, 0.1) is 0 Å². The van der Waals surface area contributed by atoms with Gasteiger partial charge in [0.15, 0.2) is 0 Å². The van der Waals surface area contributed by atoms with Crippen LogP contribution in [-0.4, -0.2) is 35.6 Å². The van der Waals surface area contributed by atoms with E-state index in [9.17, 15) is 0 Å². The summed E-state index contributed by atoms with van der Waals surface area (Å²) < 4.78 is 0. The maximum atomic E-state index is 4.19. The van der Waals surface area contributed by atoms with Gasteiger partial charge in [-0.2, -0.15) is 0 Å². The number of aromatic nitrogens is 1. The molecular formula is C12H20ClN3. The summed E-state index contributed by atoms with van der Waals surface area (Å²) in [5.74, 6) is 0. The number of halogens is 1. The van der Waals surface area contributed by atoms with Gasteiger partial charge < -0.3 is 5.32 Å². The Kier molecular flexibility index (Phi) is 5.19. The molecule has 0 aromatic carbocycles. The van der Waals surface area contributed by atoms with E-state index in [1.165, 1.54) is 11.1 Å². The van der Waals surface area contributed by atoms with Gasteiger partial charge in [0.25, 0.3) is 0 Å². The van der Waals surface area contributed by atoms with Crippen LogP contribution in [0.15, 0.2) is 18.5 Å². The summed E-state index contributed by atoms with van der Waals surface area (Å²) in [6.45, 7) is 8.80. The third-order valence-corrected chi connectivity index (χ3v) is 2.99. The highest BCUT2D eigenvalue weighted by Crippen LogP contribution is 2.10. The smallest absolute Gasteiger partial charge is 0.0315 e. The van der Waals surface area contributed by atoms with Gasteiger partial charge in [-0.1, -0.05) is 0 Å². The van der Waals surface area contributed by atoms with Crippen LogP contribution in [0.3, 0.4) is 0 Å². The quantitative estimate of drug-likeness (QED) is 0.853. The fourth-order valence-corrected chi connectivity index (χ4v) is 2.06. The normalized spacial score (nSPS) is 21.5. The molecule has 1 aliphatic rings. The molecule has 2 heterocycles. The Balaban J connectivity index is 0.00000128. The van der Waals surface area contributed by atoms with Gasteiger partial charge >= 0.3 is 0 Å². The van der Waals surface area contributed by atoms with E-state index in [1.807, 2.05) is 12.4 Å². The molecule has 4 heteroatoms. The van der Waals surface area contributed by atoms with Crippen LogP contribution in [0.2, 0.25) is 0 Å². The molecular weight excluding hydrogens is 222 g/mol. The SMILES string of the molecule is Cc1ccncc1CN1CCN[C@@H](C)C1.Cl. The van der Waals surface area contributed by atoms with E-state index in [4.69, 9.17) is 0 Å². The number of pyridine rings is 1. The summed E-state index contributed by atoms with van der Waals surface area (Å²) in [7, 11) is 0. The minimum absolute atomic E-state index is 0. The zero-order valence-electron chi connectivity index (χ0n) is 9.94. The summed E-state index contributed by atoms with van der Waals surface area (Å²) in [5, 5.41) is 3.46. The van der Waals surface area contributed by atoms with E-state index in [1.54, 1.807) is 0 Å². The fourth-order valence-electron chi connectivity index (χ4n) is 2.06. The molecule has 3 nitrogen and oxygen atoms in total. The molecule has 1 fully saturated rings. The van der Waals surface area contributed by atoms with Crippen molar-refractivity contribution < 1.29 is 0 Å². The zero-order chi connectivity index (χ0) is 10.7. The lowest BCUT2D eigenvalue weighted by Gasteiger charge is -2.32. The van der Waals surface area contributed by atoms with Gasteiger partial charge in [0.1, 0.15) is 0 Å². The Hall–Kier alpha value is -0.640. The molecule has 0 unspecified atom stereocenters. The molecule has 0 spiro atoms. The first-order valence-corrected chi connectivity index (χ1v) is 5.61. The lowest BCUT2D eigenvalue weighted by atomic mass is 10.1. The van der Waals surface area contributed by atoms with Gasteiger partial charge in [-0.05, 0) is 31.0 Å². The van der Waals surface area contributed by atoms with E-state index in [0.717, 1.165) is 26.2 Å². The number of rotatable bonds is 2. The minimum atomic E-state index is 0. The van der Waals surface area contributed by atoms with Crippen molar-refractivity contribution in [2.45, 2.75) is 26.4 Å². The molecule has 0 saturated carbocycles. The largest absolute Gasteiger partial charge is 0.312 e. The Morgan fingerprint density at radius 3 is 3.06 bits per heavy atom. The molecule has 90 valence electrons. The first-order valence-electron chi connectivity index (χ1n) is 5.61. The van der Waals surface area contributed by atoms with E-state index in [2.05, 4.69) is 35.1 Å². The van der Waals surface area contributed by atoms with E-state index >= 15 is 0 Å². The number of nitrogens with one attached hydrogen (secondary N) is 1. The van der Waals surface area contributed by atoms with Crippen molar-refractivity contribution in [3.63, 3.8) is 0 Å². The number of aryl methyl sites for hydroxylation is 1. The highest BCUT2D eigenvalue weighted by atomic mass is 35.5. The summed E-state index contributed by atoms with van der Waals surface area (Å²) in [4.78, 5) is 6.68. The average molecular weight is 242 g/mol. The number of nitrogens with zero attached hydrogens (tertiary/aromatic N) is 2. The molecule has 16 heavy (non-hydrogen) atoms. The van der Waals surface area contributed by atoms with Crippen molar-refractivity contribution in [1.29, 1.82) is 0 Å². The maximum Gasteiger partial charge on any atom is 0.0315 e. The predicted molar refractivity (Wildman–Crippen MR) is 69.0 cm³/mol. The highest BCUT2D eigenvalue weighted by molar-refractivity contribution is 5.85. The van der Waals surface area contributed by atoms with Gasteiger partial charge in [-0.25, -0.2) is 0 Å². The van der Waals surface area contributed by atoms with Crippen LogP contribution in [0.4, 0.5) is 0 Å². The topological polar surface area (TPSA) is 28.2 Å². The second-order valence-corrected chi connectivity index (χ2v) is 4.39.